The zero-order valence-corrected chi connectivity index (χ0v) is 16.0. The van der Waals surface area contributed by atoms with E-state index >= 15 is 0 Å². The zero-order valence-electron chi connectivity index (χ0n) is 13.6. The van der Waals surface area contributed by atoms with Crippen molar-refractivity contribution in [2.45, 2.75) is 0 Å². The second-order valence-corrected chi connectivity index (χ2v) is 7.28. The van der Waals surface area contributed by atoms with Gasteiger partial charge in [0.15, 0.2) is 5.13 Å². The summed E-state index contributed by atoms with van der Waals surface area (Å²) in [6, 6.07) is 14.9. The Balaban J connectivity index is 1.72. The first-order valence-electron chi connectivity index (χ1n) is 7.75. The normalized spacial score (nSPS) is 10.7. The Morgan fingerprint density at radius 2 is 1.70 bits per heavy atom. The molecule has 4 aromatic rings. The topological polar surface area (TPSA) is 106 Å². The number of halogens is 1. The van der Waals surface area contributed by atoms with Crippen LogP contribution >= 0.6 is 27.3 Å². The molecule has 0 spiro atoms. The van der Waals surface area contributed by atoms with E-state index in [1.807, 2.05) is 42.5 Å². The fourth-order valence-corrected chi connectivity index (χ4v) is 3.70. The van der Waals surface area contributed by atoms with Gasteiger partial charge in [-0.05, 0) is 40.2 Å². The van der Waals surface area contributed by atoms with Crippen LogP contribution in [0, 0.1) is 10.1 Å². The molecule has 0 fully saturated rings. The van der Waals surface area contributed by atoms with Crippen molar-refractivity contribution in [1.29, 1.82) is 0 Å². The highest BCUT2D eigenvalue weighted by atomic mass is 79.9. The van der Waals surface area contributed by atoms with Crippen molar-refractivity contribution in [3.63, 3.8) is 0 Å². The molecule has 0 aliphatic heterocycles. The highest BCUT2D eigenvalue weighted by Gasteiger charge is 2.24. The molecule has 0 unspecified atom stereocenters. The van der Waals surface area contributed by atoms with Gasteiger partial charge < -0.3 is 10.6 Å². The number of nitrogens with zero attached hydrogens (tertiary/aromatic N) is 4. The van der Waals surface area contributed by atoms with E-state index in [9.17, 15) is 10.1 Å². The standard InChI is InChI=1S/C17H11BrN6O2S/c18-10-5-1-2-6-11(10)21-15-14(24(25)26)16(20-9-19-15)23-17-22-12-7-3-4-8-13(12)27-17/h1-9H,(H2,19,20,21,22,23). The summed E-state index contributed by atoms with van der Waals surface area (Å²) < 4.78 is 1.74. The predicted octanol–water partition coefficient (Wildman–Crippen LogP) is 5.24. The number of nitrogens with one attached hydrogen (secondary N) is 2. The number of fused-ring (bicyclic) bond motifs is 1. The summed E-state index contributed by atoms with van der Waals surface area (Å²) in [5.41, 5.74) is 1.21. The molecule has 10 heteroatoms. The highest BCUT2D eigenvalue weighted by molar-refractivity contribution is 9.10. The summed E-state index contributed by atoms with van der Waals surface area (Å²) in [6.07, 6.45) is 1.27. The average molecular weight is 443 g/mol. The van der Waals surface area contributed by atoms with Gasteiger partial charge in [0.1, 0.15) is 6.33 Å². The minimum Gasteiger partial charge on any atom is -0.333 e. The van der Waals surface area contributed by atoms with Crippen molar-refractivity contribution in [2.75, 3.05) is 10.6 Å². The summed E-state index contributed by atoms with van der Waals surface area (Å²) in [5.74, 6) is 0.161. The monoisotopic (exact) mass is 442 g/mol. The van der Waals surface area contributed by atoms with Crippen molar-refractivity contribution >= 4 is 65.6 Å². The first kappa shape index (κ1) is 17.3. The van der Waals surface area contributed by atoms with Gasteiger partial charge in [0, 0.05) is 4.47 Å². The van der Waals surface area contributed by atoms with E-state index < -0.39 is 4.92 Å². The molecule has 0 radical (unpaired) electrons. The maximum absolute atomic E-state index is 11.7. The maximum atomic E-state index is 11.7. The van der Waals surface area contributed by atoms with E-state index in [0.29, 0.717) is 10.8 Å². The van der Waals surface area contributed by atoms with Crippen molar-refractivity contribution in [1.82, 2.24) is 15.0 Å². The van der Waals surface area contributed by atoms with Gasteiger partial charge in [0.2, 0.25) is 11.6 Å². The van der Waals surface area contributed by atoms with Crippen molar-refractivity contribution < 1.29 is 4.92 Å². The third kappa shape index (κ3) is 3.57. The van der Waals surface area contributed by atoms with Crippen LogP contribution < -0.4 is 10.6 Å². The summed E-state index contributed by atoms with van der Waals surface area (Å²) in [7, 11) is 0. The molecule has 134 valence electrons. The molecule has 2 aromatic heterocycles. The minimum atomic E-state index is -0.519. The van der Waals surface area contributed by atoms with Crippen molar-refractivity contribution in [3.8, 4) is 0 Å². The molecule has 27 heavy (non-hydrogen) atoms. The van der Waals surface area contributed by atoms with Gasteiger partial charge >= 0.3 is 5.69 Å². The summed E-state index contributed by atoms with van der Waals surface area (Å²) in [6.45, 7) is 0. The zero-order chi connectivity index (χ0) is 18.8. The number of anilines is 4. The first-order chi connectivity index (χ1) is 13.1. The van der Waals surface area contributed by atoms with Gasteiger partial charge in [-0.15, -0.1) is 0 Å². The summed E-state index contributed by atoms with van der Waals surface area (Å²) in [4.78, 5) is 23.7. The predicted molar refractivity (Wildman–Crippen MR) is 109 cm³/mol. The fraction of sp³-hybridized carbons (Fsp3) is 0. The van der Waals surface area contributed by atoms with Crippen LogP contribution in [0.3, 0.4) is 0 Å². The minimum absolute atomic E-state index is 0.0728. The van der Waals surface area contributed by atoms with Crippen molar-refractivity contribution in [3.05, 3.63) is 69.4 Å². The third-order valence-corrected chi connectivity index (χ3v) is 5.29. The lowest BCUT2D eigenvalue weighted by Gasteiger charge is -2.10. The van der Waals surface area contributed by atoms with Crippen LogP contribution in [0.1, 0.15) is 0 Å². The average Bonchev–Trinajstić information content (AvgIpc) is 3.06. The third-order valence-electron chi connectivity index (χ3n) is 3.65. The molecule has 0 amide bonds. The van der Waals surface area contributed by atoms with Gasteiger partial charge in [0.05, 0.1) is 20.8 Å². The van der Waals surface area contributed by atoms with E-state index in [0.717, 1.165) is 14.7 Å². The van der Waals surface area contributed by atoms with Gasteiger partial charge in [-0.1, -0.05) is 35.6 Å². The fourth-order valence-electron chi connectivity index (χ4n) is 2.45. The number of benzene rings is 2. The van der Waals surface area contributed by atoms with E-state index in [2.05, 4.69) is 41.5 Å². The van der Waals surface area contributed by atoms with Crippen LogP contribution in [0.15, 0.2) is 59.3 Å². The number of hydrogen-bond acceptors (Lipinski definition) is 8. The SMILES string of the molecule is O=[N+]([O-])c1c(Nc2nc3ccccc3s2)ncnc1Nc1ccccc1Br. The Bertz CT molecular complexity index is 1120. The van der Waals surface area contributed by atoms with Gasteiger partial charge in [-0.3, -0.25) is 10.1 Å². The van der Waals surface area contributed by atoms with E-state index in [4.69, 9.17) is 0 Å². The molecular formula is C17H11BrN6O2S. The second kappa shape index (κ2) is 7.25. The number of aromatic nitrogens is 3. The van der Waals surface area contributed by atoms with Gasteiger partial charge in [-0.2, -0.15) is 0 Å². The second-order valence-electron chi connectivity index (χ2n) is 5.39. The van der Waals surface area contributed by atoms with Gasteiger partial charge in [-0.25, -0.2) is 15.0 Å². The Morgan fingerprint density at radius 1 is 1.00 bits per heavy atom. The molecular weight excluding hydrogens is 432 g/mol. The molecule has 0 saturated heterocycles. The number of hydrogen-bond donors (Lipinski definition) is 2. The Kier molecular flexibility index (Phi) is 4.65. The number of thiazole rings is 1. The highest BCUT2D eigenvalue weighted by Crippen LogP contribution is 2.36. The maximum Gasteiger partial charge on any atom is 0.353 e. The molecule has 8 nitrogen and oxygen atoms in total. The smallest absolute Gasteiger partial charge is 0.333 e. The molecule has 0 bridgehead atoms. The first-order valence-corrected chi connectivity index (χ1v) is 9.36. The molecule has 0 aliphatic carbocycles. The largest absolute Gasteiger partial charge is 0.353 e. The number of rotatable bonds is 5. The Morgan fingerprint density at radius 3 is 2.44 bits per heavy atom. The quantitative estimate of drug-likeness (QED) is 0.321. The van der Waals surface area contributed by atoms with Crippen LogP contribution in [0.4, 0.5) is 28.1 Å². The van der Waals surface area contributed by atoms with E-state index in [-0.39, 0.29) is 17.3 Å². The molecule has 0 saturated carbocycles. The molecule has 0 aliphatic rings. The van der Waals surface area contributed by atoms with E-state index in [1.165, 1.54) is 17.7 Å². The number of para-hydroxylation sites is 2. The van der Waals surface area contributed by atoms with Crippen LogP contribution in [-0.2, 0) is 0 Å². The van der Waals surface area contributed by atoms with Crippen LogP contribution in [0.25, 0.3) is 10.2 Å². The lowest BCUT2D eigenvalue weighted by molar-refractivity contribution is -0.383. The Hall–Kier alpha value is -3.11. The molecule has 2 aromatic carbocycles. The Labute approximate surface area is 165 Å². The van der Waals surface area contributed by atoms with Gasteiger partial charge in [0.25, 0.3) is 0 Å². The van der Waals surface area contributed by atoms with E-state index in [1.54, 1.807) is 6.07 Å². The van der Waals surface area contributed by atoms with Crippen LogP contribution in [-0.4, -0.2) is 19.9 Å². The molecule has 0 atom stereocenters. The summed E-state index contributed by atoms with van der Waals surface area (Å²) in [5, 5.41) is 18.1. The van der Waals surface area contributed by atoms with Crippen molar-refractivity contribution in [2.24, 2.45) is 0 Å². The van der Waals surface area contributed by atoms with Crippen LogP contribution in [0.5, 0.6) is 0 Å². The molecule has 2 heterocycles. The van der Waals surface area contributed by atoms with Crippen LogP contribution in [0.2, 0.25) is 0 Å². The lowest BCUT2D eigenvalue weighted by atomic mass is 10.3. The molecule has 4 rings (SSSR count). The number of nitro groups is 1. The lowest BCUT2D eigenvalue weighted by Crippen LogP contribution is -2.05. The summed E-state index contributed by atoms with van der Waals surface area (Å²) >= 11 is 4.80. The molecule has 2 N–H and O–H groups in total.